The molecule has 7 heteroatoms. The Labute approximate surface area is 143 Å². The lowest BCUT2D eigenvalue weighted by molar-refractivity contribution is 0.0932. The number of amides is 1. The third kappa shape index (κ3) is 3.17. The fourth-order valence-corrected chi connectivity index (χ4v) is 2.77. The summed E-state index contributed by atoms with van der Waals surface area (Å²) in [6.45, 7) is 0. The molecule has 4 rings (SSSR count). The predicted molar refractivity (Wildman–Crippen MR) is 87.4 cm³/mol. The molecule has 0 radical (unpaired) electrons. The number of aryl methyl sites for hydroxylation is 1. The number of hydrogen-bond donors (Lipinski definition) is 1. The van der Waals surface area contributed by atoms with Gasteiger partial charge in [0.25, 0.3) is 5.91 Å². The van der Waals surface area contributed by atoms with Gasteiger partial charge in [0, 0.05) is 31.4 Å². The Kier molecular flexibility index (Phi) is 3.83. The fourth-order valence-electron chi connectivity index (χ4n) is 2.77. The summed E-state index contributed by atoms with van der Waals surface area (Å²) in [5.74, 6) is 1.09. The first kappa shape index (κ1) is 15.6. The monoisotopic (exact) mass is 340 g/mol. The number of carbonyl (C=O) groups excluding carboxylic acids is 1. The van der Waals surface area contributed by atoms with Gasteiger partial charge in [-0.2, -0.15) is 0 Å². The second-order valence-corrected chi connectivity index (χ2v) is 6.24. The molecule has 1 aromatic carbocycles. The van der Waals surface area contributed by atoms with Crippen LogP contribution in [0.25, 0.3) is 0 Å². The zero-order valence-electron chi connectivity index (χ0n) is 13.6. The molecule has 1 aliphatic rings. The number of benzene rings is 1. The molecule has 0 saturated heterocycles. The largest absolute Gasteiger partial charge is 0.360 e. The molecule has 2 aromatic heterocycles. The minimum Gasteiger partial charge on any atom is -0.360 e. The minimum atomic E-state index is -0.519. The number of halogens is 1. The number of aromatic nitrogens is 3. The average Bonchev–Trinajstić information content (AvgIpc) is 3.18. The van der Waals surface area contributed by atoms with Crippen LogP contribution in [0.5, 0.6) is 0 Å². The third-order valence-corrected chi connectivity index (χ3v) is 4.34. The highest BCUT2D eigenvalue weighted by molar-refractivity contribution is 5.92. The van der Waals surface area contributed by atoms with Gasteiger partial charge in [-0.3, -0.25) is 4.79 Å². The van der Waals surface area contributed by atoms with E-state index in [1.165, 1.54) is 12.1 Å². The maximum absolute atomic E-state index is 13.3. The van der Waals surface area contributed by atoms with Gasteiger partial charge in [0.2, 0.25) is 0 Å². The molecule has 0 aliphatic heterocycles. The maximum atomic E-state index is 13.3. The molecule has 1 saturated carbocycles. The number of rotatable bonds is 5. The smallest absolute Gasteiger partial charge is 0.274 e. The van der Waals surface area contributed by atoms with Crippen LogP contribution in [-0.2, 0) is 7.05 Å². The summed E-state index contributed by atoms with van der Waals surface area (Å²) in [5, 5.41) is 6.79. The molecular formula is C18H17FN4O2. The van der Waals surface area contributed by atoms with Crippen LogP contribution in [0, 0.1) is 5.82 Å². The standard InChI is InChI=1S/C18H17FN4O2/c1-23-9-8-20-17(23)16(12-4-6-13(19)7-5-12)21-18(24)14-10-15(25-22-14)11-2-3-11/h4-11,16H,2-3H2,1H3,(H,21,24). The van der Waals surface area contributed by atoms with Crippen molar-refractivity contribution < 1.29 is 13.7 Å². The summed E-state index contributed by atoms with van der Waals surface area (Å²) in [6.07, 6.45) is 5.59. The van der Waals surface area contributed by atoms with Gasteiger partial charge in [0.15, 0.2) is 5.69 Å². The maximum Gasteiger partial charge on any atom is 0.274 e. The van der Waals surface area contributed by atoms with Crippen LogP contribution in [0.1, 0.15) is 52.4 Å². The van der Waals surface area contributed by atoms with Crippen molar-refractivity contribution in [1.29, 1.82) is 0 Å². The third-order valence-electron chi connectivity index (χ3n) is 4.34. The molecule has 0 spiro atoms. The number of carbonyl (C=O) groups is 1. The zero-order valence-corrected chi connectivity index (χ0v) is 13.6. The van der Waals surface area contributed by atoms with E-state index in [4.69, 9.17) is 4.52 Å². The Morgan fingerprint density at radius 1 is 1.36 bits per heavy atom. The van der Waals surface area contributed by atoms with Gasteiger partial charge in [-0.1, -0.05) is 17.3 Å². The molecule has 1 unspecified atom stereocenters. The van der Waals surface area contributed by atoms with Crippen LogP contribution in [-0.4, -0.2) is 20.6 Å². The van der Waals surface area contributed by atoms with E-state index < -0.39 is 6.04 Å². The topological polar surface area (TPSA) is 73.0 Å². The Morgan fingerprint density at radius 2 is 2.12 bits per heavy atom. The molecule has 128 valence electrons. The lowest BCUT2D eigenvalue weighted by Gasteiger charge is -2.18. The lowest BCUT2D eigenvalue weighted by atomic mass is 10.1. The summed E-state index contributed by atoms with van der Waals surface area (Å²) in [6, 6.07) is 7.15. The number of nitrogens with zero attached hydrogens (tertiary/aromatic N) is 3. The summed E-state index contributed by atoms with van der Waals surface area (Å²) < 4.78 is 20.3. The minimum absolute atomic E-state index is 0.239. The van der Waals surface area contributed by atoms with Gasteiger partial charge in [-0.25, -0.2) is 9.37 Å². The quantitative estimate of drug-likeness (QED) is 0.775. The average molecular weight is 340 g/mol. The lowest BCUT2D eigenvalue weighted by Crippen LogP contribution is -2.31. The van der Waals surface area contributed by atoms with Crippen LogP contribution in [0.3, 0.4) is 0 Å². The van der Waals surface area contributed by atoms with E-state index in [2.05, 4.69) is 15.5 Å². The van der Waals surface area contributed by atoms with Gasteiger partial charge in [-0.05, 0) is 30.5 Å². The number of hydrogen-bond acceptors (Lipinski definition) is 4. The van der Waals surface area contributed by atoms with Crippen LogP contribution in [0.15, 0.2) is 47.2 Å². The van der Waals surface area contributed by atoms with Gasteiger partial charge in [-0.15, -0.1) is 0 Å². The van der Waals surface area contributed by atoms with E-state index in [-0.39, 0.29) is 17.4 Å². The summed E-state index contributed by atoms with van der Waals surface area (Å²) in [4.78, 5) is 16.9. The van der Waals surface area contributed by atoms with Crippen molar-refractivity contribution in [2.24, 2.45) is 7.05 Å². The second kappa shape index (κ2) is 6.16. The first-order valence-electron chi connectivity index (χ1n) is 8.12. The highest BCUT2D eigenvalue weighted by atomic mass is 19.1. The molecular weight excluding hydrogens is 323 g/mol. The van der Waals surface area contributed by atoms with Crippen LogP contribution in [0.2, 0.25) is 0 Å². The van der Waals surface area contributed by atoms with Crippen molar-refractivity contribution in [3.8, 4) is 0 Å². The number of imidazole rings is 1. The SMILES string of the molecule is Cn1ccnc1C(NC(=O)c1cc(C2CC2)on1)c1ccc(F)cc1. The molecule has 25 heavy (non-hydrogen) atoms. The Balaban J connectivity index is 1.62. The Morgan fingerprint density at radius 3 is 2.76 bits per heavy atom. The zero-order chi connectivity index (χ0) is 17.4. The van der Waals surface area contributed by atoms with E-state index in [0.29, 0.717) is 11.7 Å². The summed E-state index contributed by atoms with van der Waals surface area (Å²) >= 11 is 0. The highest BCUT2D eigenvalue weighted by Gasteiger charge is 2.30. The normalized spacial score (nSPS) is 15.1. The van der Waals surface area contributed by atoms with E-state index >= 15 is 0 Å². The van der Waals surface area contributed by atoms with E-state index in [1.54, 1.807) is 30.6 Å². The molecule has 1 aliphatic carbocycles. The van der Waals surface area contributed by atoms with Gasteiger partial charge in [0.1, 0.15) is 23.4 Å². The molecule has 1 amide bonds. The molecule has 3 aromatic rings. The molecule has 2 heterocycles. The predicted octanol–water partition coefficient (Wildman–Crippen LogP) is 2.94. The highest BCUT2D eigenvalue weighted by Crippen LogP contribution is 2.40. The molecule has 1 fully saturated rings. The number of nitrogens with one attached hydrogen (secondary N) is 1. The Bertz CT molecular complexity index is 896. The van der Waals surface area contributed by atoms with Gasteiger partial charge >= 0.3 is 0 Å². The first-order valence-corrected chi connectivity index (χ1v) is 8.12. The van der Waals surface area contributed by atoms with E-state index in [0.717, 1.165) is 24.2 Å². The van der Waals surface area contributed by atoms with Gasteiger partial charge < -0.3 is 14.4 Å². The fraction of sp³-hybridized carbons (Fsp3) is 0.278. The molecule has 6 nitrogen and oxygen atoms in total. The van der Waals surface area contributed by atoms with Crippen molar-refractivity contribution in [2.45, 2.75) is 24.8 Å². The van der Waals surface area contributed by atoms with Crippen molar-refractivity contribution >= 4 is 5.91 Å². The van der Waals surface area contributed by atoms with Crippen molar-refractivity contribution in [3.05, 3.63) is 71.4 Å². The van der Waals surface area contributed by atoms with Crippen LogP contribution >= 0.6 is 0 Å². The summed E-state index contributed by atoms with van der Waals surface area (Å²) in [5.41, 5.74) is 0.971. The summed E-state index contributed by atoms with van der Waals surface area (Å²) in [7, 11) is 1.84. The van der Waals surface area contributed by atoms with E-state index in [1.807, 2.05) is 11.6 Å². The first-order chi connectivity index (χ1) is 12.1. The molecule has 1 atom stereocenters. The van der Waals surface area contributed by atoms with Crippen LogP contribution < -0.4 is 5.32 Å². The van der Waals surface area contributed by atoms with Crippen molar-refractivity contribution in [3.63, 3.8) is 0 Å². The van der Waals surface area contributed by atoms with E-state index in [9.17, 15) is 9.18 Å². The van der Waals surface area contributed by atoms with Crippen molar-refractivity contribution in [2.75, 3.05) is 0 Å². The van der Waals surface area contributed by atoms with Crippen molar-refractivity contribution in [1.82, 2.24) is 20.0 Å². The van der Waals surface area contributed by atoms with Crippen LogP contribution in [0.4, 0.5) is 4.39 Å². The van der Waals surface area contributed by atoms with Gasteiger partial charge in [0.05, 0.1) is 0 Å². The molecule has 0 bridgehead atoms. The molecule has 1 N–H and O–H groups in total. The second-order valence-electron chi connectivity index (χ2n) is 6.24. The Hall–Kier alpha value is -2.96.